The Bertz CT molecular complexity index is 302. The molecule has 0 atom stereocenters. The van der Waals surface area contributed by atoms with Gasteiger partial charge in [0.05, 0.1) is 24.4 Å². The van der Waals surface area contributed by atoms with E-state index in [9.17, 15) is 0 Å². The van der Waals surface area contributed by atoms with Gasteiger partial charge < -0.3 is 15.2 Å². The molecule has 72 valence electrons. The Morgan fingerprint density at radius 2 is 2.08 bits per heavy atom. The fourth-order valence-electron chi connectivity index (χ4n) is 1.04. The van der Waals surface area contributed by atoms with Crippen LogP contribution in [0.2, 0.25) is 5.02 Å². The van der Waals surface area contributed by atoms with Gasteiger partial charge in [0.2, 0.25) is 0 Å². The number of anilines is 1. The molecule has 0 aliphatic heterocycles. The molecule has 0 saturated carbocycles. The lowest BCUT2D eigenvalue weighted by Crippen LogP contribution is -1.98. The number of hydrogen-bond donors (Lipinski definition) is 1. The number of hydrogen-bond acceptors (Lipinski definition) is 3. The van der Waals surface area contributed by atoms with Gasteiger partial charge in [0, 0.05) is 18.7 Å². The van der Waals surface area contributed by atoms with Gasteiger partial charge >= 0.3 is 0 Å². The van der Waals surface area contributed by atoms with Crippen LogP contribution in [0.15, 0.2) is 12.1 Å². The minimum atomic E-state index is 0.433. The molecular formula is C9H12ClNO2. The molecule has 13 heavy (non-hydrogen) atoms. The number of rotatable bonds is 3. The molecule has 0 unspecified atom stereocenters. The number of halogens is 1. The van der Waals surface area contributed by atoms with Crippen LogP contribution in [0, 0.1) is 0 Å². The molecule has 0 aromatic heterocycles. The summed E-state index contributed by atoms with van der Waals surface area (Å²) in [5, 5.41) is 0.492. The third kappa shape index (κ3) is 2.26. The van der Waals surface area contributed by atoms with Crippen molar-refractivity contribution in [1.82, 2.24) is 0 Å². The van der Waals surface area contributed by atoms with Crippen LogP contribution in [0.25, 0.3) is 0 Å². The Kier molecular flexibility index (Phi) is 3.39. The zero-order valence-corrected chi connectivity index (χ0v) is 8.39. The minimum absolute atomic E-state index is 0.433. The summed E-state index contributed by atoms with van der Waals surface area (Å²) in [6.45, 7) is 0.433. The lowest BCUT2D eigenvalue weighted by atomic mass is 10.2. The highest BCUT2D eigenvalue weighted by Crippen LogP contribution is 2.29. The van der Waals surface area contributed by atoms with E-state index in [1.165, 1.54) is 0 Å². The molecular weight excluding hydrogens is 190 g/mol. The van der Waals surface area contributed by atoms with E-state index in [1.807, 2.05) is 6.07 Å². The van der Waals surface area contributed by atoms with Gasteiger partial charge in [0.25, 0.3) is 0 Å². The van der Waals surface area contributed by atoms with Gasteiger partial charge in [-0.3, -0.25) is 0 Å². The highest BCUT2D eigenvalue weighted by Gasteiger charge is 2.06. The van der Waals surface area contributed by atoms with Crippen LogP contribution in [0.5, 0.6) is 5.75 Å². The summed E-state index contributed by atoms with van der Waals surface area (Å²) < 4.78 is 10.0. The second-order valence-electron chi connectivity index (χ2n) is 2.62. The maximum absolute atomic E-state index is 5.87. The molecule has 2 N–H and O–H groups in total. The highest BCUT2D eigenvalue weighted by atomic mass is 35.5. The van der Waals surface area contributed by atoms with Crippen LogP contribution in [0.4, 0.5) is 5.69 Å². The lowest BCUT2D eigenvalue weighted by molar-refractivity contribution is 0.185. The molecule has 4 heteroatoms. The van der Waals surface area contributed by atoms with Gasteiger partial charge in [-0.25, -0.2) is 0 Å². The Morgan fingerprint density at radius 3 is 2.62 bits per heavy atom. The largest absolute Gasteiger partial charge is 0.497 e. The SMILES string of the molecule is COCc1cc(OC)cc(Cl)c1N. The van der Waals surface area contributed by atoms with Crippen LogP contribution in [-0.2, 0) is 11.3 Å². The van der Waals surface area contributed by atoms with Crippen LogP contribution < -0.4 is 10.5 Å². The van der Waals surface area contributed by atoms with E-state index in [-0.39, 0.29) is 0 Å². The van der Waals surface area contributed by atoms with E-state index in [0.29, 0.717) is 23.1 Å². The highest BCUT2D eigenvalue weighted by molar-refractivity contribution is 6.33. The van der Waals surface area contributed by atoms with Gasteiger partial charge in [0.15, 0.2) is 0 Å². The smallest absolute Gasteiger partial charge is 0.120 e. The van der Waals surface area contributed by atoms with Crippen molar-refractivity contribution in [3.63, 3.8) is 0 Å². The first-order valence-electron chi connectivity index (χ1n) is 3.80. The molecule has 0 spiro atoms. The molecule has 1 aromatic carbocycles. The van der Waals surface area contributed by atoms with Crippen molar-refractivity contribution < 1.29 is 9.47 Å². The fourth-order valence-corrected chi connectivity index (χ4v) is 1.27. The second kappa shape index (κ2) is 4.35. The van der Waals surface area contributed by atoms with Crippen LogP contribution >= 0.6 is 11.6 Å². The van der Waals surface area contributed by atoms with Crippen LogP contribution in [0.1, 0.15) is 5.56 Å². The number of methoxy groups -OCH3 is 2. The summed E-state index contributed by atoms with van der Waals surface area (Å²) in [7, 11) is 3.19. The topological polar surface area (TPSA) is 44.5 Å². The minimum Gasteiger partial charge on any atom is -0.497 e. The normalized spacial score (nSPS) is 10.1. The quantitative estimate of drug-likeness (QED) is 0.762. The van der Waals surface area contributed by atoms with Gasteiger partial charge in [-0.15, -0.1) is 0 Å². The Hall–Kier alpha value is -0.930. The molecule has 0 fully saturated rings. The van der Waals surface area contributed by atoms with Crippen molar-refractivity contribution >= 4 is 17.3 Å². The average Bonchev–Trinajstić information content (AvgIpc) is 2.13. The summed E-state index contributed by atoms with van der Waals surface area (Å²) in [5.74, 6) is 0.686. The molecule has 1 aromatic rings. The summed E-state index contributed by atoms with van der Waals surface area (Å²) in [6.07, 6.45) is 0. The third-order valence-electron chi connectivity index (χ3n) is 1.72. The lowest BCUT2D eigenvalue weighted by Gasteiger charge is -2.08. The first-order chi connectivity index (χ1) is 6.19. The van der Waals surface area contributed by atoms with E-state index in [0.717, 1.165) is 5.56 Å². The summed E-state index contributed by atoms with van der Waals surface area (Å²) in [6, 6.07) is 3.49. The molecule has 0 aliphatic rings. The van der Waals surface area contributed by atoms with Crippen molar-refractivity contribution in [2.75, 3.05) is 20.0 Å². The Labute approximate surface area is 82.4 Å². The van der Waals surface area contributed by atoms with E-state index >= 15 is 0 Å². The molecule has 0 radical (unpaired) electrons. The molecule has 1 rings (SSSR count). The molecule has 0 bridgehead atoms. The van der Waals surface area contributed by atoms with E-state index in [4.69, 9.17) is 26.8 Å². The fraction of sp³-hybridized carbons (Fsp3) is 0.333. The maximum Gasteiger partial charge on any atom is 0.120 e. The Balaban J connectivity index is 3.09. The van der Waals surface area contributed by atoms with Crippen molar-refractivity contribution in [3.8, 4) is 5.75 Å². The molecule has 0 saturated heterocycles. The Morgan fingerprint density at radius 1 is 1.38 bits per heavy atom. The van der Waals surface area contributed by atoms with E-state index < -0.39 is 0 Å². The first kappa shape index (κ1) is 10.2. The van der Waals surface area contributed by atoms with E-state index in [1.54, 1.807) is 20.3 Å². The number of ether oxygens (including phenoxy) is 2. The molecule has 3 nitrogen and oxygen atoms in total. The van der Waals surface area contributed by atoms with E-state index in [2.05, 4.69) is 0 Å². The zero-order chi connectivity index (χ0) is 9.84. The molecule has 0 aliphatic carbocycles. The standard InChI is InChI=1S/C9H12ClNO2/c1-12-5-6-3-7(13-2)4-8(10)9(6)11/h3-4H,5,11H2,1-2H3. The van der Waals surface area contributed by atoms with Gasteiger partial charge in [0.1, 0.15) is 5.75 Å². The van der Waals surface area contributed by atoms with Crippen molar-refractivity contribution in [3.05, 3.63) is 22.7 Å². The van der Waals surface area contributed by atoms with Crippen molar-refractivity contribution in [2.24, 2.45) is 0 Å². The summed E-state index contributed by atoms with van der Waals surface area (Å²) in [4.78, 5) is 0. The van der Waals surface area contributed by atoms with Crippen LogP contribution in [-0.4, -0.2) is 14.2 Å². The summed E-state index contributed by atoms with van der Waals surface area (Å²) >= 11 is 5.87. The number of benzene rings is 1. The molecule has 0 heterocycles. The van der Waals surface area contributed by atoms with Gasteiger partial charge in [-0.2, -0.15) is 0 Å². The predicted molar refractivity (Wildman–Crippen MR) is 53.1 cm³/mol. The summed E-state index contributed by atoms with van der Waals surface area (Å²) in [5.41, 5.74) is 7.11. The zero-order valence-electron chi connectivity index (χ0n) is 7.63. The predicted octanol–water partition coefficient (Wildman–Crippen LogP) is 2.08. The monoisotopic (exact) mass is 201 g/mol. The average molecular weight is 202 g/mol. The third-order valence-corrected chi connectivity index (χ3v) is 2.04. The van der Waals surface area contributed by atoms with Gasteiger partial charge in [-0.1, -0.05) is 11.6 Å². The van der Waals surface area contributed by atoms with Crippen molar-refractivity contribution in [1.29, 1.82) is 0 Å². The molecule has 0 amide bonds. The second-order valence-corrected chi connectivity index (χ2v) is 3.02. The number of nitrogen functional groups attached to an aromatic ring is 1. The first-order valence-corrected chi connectivity index (χ1v) is 4.17. The van der Waals surface area contributed by atoms with Crippen LogP contribution in [0.3, 0.4) is 0 Å². The maximum atomic E-state index is 5.87. The van der Waals surface area contributed by atoms with Gasteiger partial charge in [-0.05, 0) is 6.07 Å². The van der Waals surface area contributed by atoms with Crippen molar-refractivity contribution in [2.45, 2.75) is 6.61 Å². The number of nitrogens with two attached hydrogens (primary N) is 1.